The van der Waals surface area contributed by atoms with Crippen LogP contribution in [0.1, 0.15) is 51.3 Å². The molecule has 0 spiro atoms. The van der Waals surface area contributed by atoms with Gasteiger partial charge in [0.1, 0.15) is 5.69 Å². The molecule has 1 saturated carbocycles. The first-order valence-corrected chi connectivity index (χ1v) is 8.12. The van der Waals surface area contributed by atoms with E-state index >= 15 is 0 Å². The number of carbonyl (C=O) groups is 1. The highest BCUT2D eigenvalue weighted by Gasteiger charge is 2.43. The predicted octanol–water partition coefficient (Wildman–Crippen LogP) is 2.06. The number of amides is 1. The third kappa shape index (κ3) is 3.54. The Hall–Kier alpha value is -2.06. The molecule has 9 heteroatoms. The van der Waals surface area contributed by atoms with Crippen LogP contribution >= 0.6 is 0 Å². The Kier molecular flexibility index (Phi) is 4.51. The third-order valence-corrected chi connectivity index (χ3v) is 4.54. The maximum Gasteiger partial charge on any atom is 0.264 e. The number of oxime groups is 1. The number of rotatable bonds is 5. The number of nitrogens with zero attached hydrogens (tertiary/aromatic N) is 4. The monoisotopic (exact) mass is 341 g/mol. The van der Waals surface area contributed by atoms with Crippen molar-refractivity contribution >= 4 is 11.6 Å². The Morgan fingerprint density at radius 2 is 2.38 bits per heavy atom. The van der Waals surface area contributed by atoms with Crippen molar-refractivity contribution < 1.29 is 18.4 Å². The predicted molar refractivity (Wildman–Crippen MR) is 81.5 cm³/mol. The van der Waals surface area contributed by atoms with Gasteiger partial charge >= 0.3 is 0 Å². The van der Waals surface area contributed by atoms with E-state index in [9.17, 15) is 13.6 Å². The largest absolute Gasteiger partial charge is 0.382 e. The standard InChI is InChI=1S/C15H21F2N5O2/c1-9-6-13(24-20-9)14(23)18-10(2)12-8-22(21-19-12)7-11-4-3-5-15(11,16)17/h8,10-11,13H,3-7H2,1-2H3,(H,18,23). The summed E-state index contributed by atoms with van der Waals surface area (Å²) in [4.78, 5) is 17.1. The Morgan fingerprint density at radius 1 is 1.58 bits per heavy atom. The van der Waals surface area contributed by atoms with Gasteiger partial charge in [0.15, 0.2) is 0 Å². The van der Waals surface area contributed by atoms with Crippen molar-refractivity contribution in [2.75, 3.05) is 0 Å². The zero-order valence-corrected chi connectivity index (χ0v) is 13.7. The molecule has 3 atom stereocenters. The molecule has 24 heavy (non-hydrogen) atoms. The summed E-state index contributed by atoms with van der Waals surface area (Å²) >= 11 is 0. The Morgan fingerprint density at radius 3 is 3.00 bits per heavy atom. The lowest BCUT2D eigenvalue weighted by Gasteiger charge is -2.18. The van der Waals surface area contributed by atoms with E-state index < -0.39 is 17.9 Å². The molecule has 2 heterocycles. The number of carbonyl (C=O) groups excluding carboxylic acids is 1. The summed E-state index contributed by atoms with van der Waals surface area (Å²) in [6, 6.07) is -0.389. The number of alkyl halides is 2. The third-order valence-electron chi connectivity index (χ3n) is 4.54. The summed E-state index contributed by atoms with van der Waals surface area (Å²) in [5, 5.41) is 14.4. The molecule has 3 rings (SSSR count). The fourth-order valence-corrected chi connectivity index (χ4v) is 3.07. The van der Waals surface area contributed by atoms with Crippen LogP contribution in [0.25, 0.3) is 0 Å². The minimum absolute atomic E-state index is 0.0610. The number of hydrogen-bond acceptors (Lipinski definition) is 5. The highest BCUT2D eigenvalue weighted by Crippen LogP contribution is 2.41. The highest BCUT2D eigenvalue weighted by atomic mass is 19.3. The molecule has 1 aromatic rings. The Balaban J connectivity index is 1.56. The zero-order chi connectivity index (χ0) is 17.3. The molecular weight excluding hydrogens is 320 g/mol. The van der Waals surface area contributed by atoms with E-state index in [4.69, 9.17) is 4.84 Å². The second-order valence-electron chi connectivity index (χ2n) is 6.57. The minimum atomic E-state index is -2.64. The topological polar surface area (TPSA) is 81.4 Å². The number of halogens is 2. The van der Waals surface area contributed by atoms with E-state index in [0.717, 1.165) is 5.71 Å². The van der Waals surface area contributed by atoms with Gasteiger partial charge in [0.05, 0.1) is 24.5 Å². The second-order valence-corrected chi connectivity index (χ2v) is 6.57. The van der Waals surface area contributed by atoms with Crippen LogP contribution in [-0.2, 0) is 16.2 Å². The van der Waals surface area contributed by atoms with Gasteiger partial charge in [-0.15, -0.1) is 5.10 Å². The number of aromatic nitrogens is 3. The van der Waals surface area contributed by atoms with E-state index in [2.05, 4.69) is 20.8 Å². The summed E-state index contributed by atoms with van der Waals surface area (Å²) in [5.74, 6) is -3.62. The lowest BCUT2D eigenvalue weighted by Crippen LogP contribution is -2.36. The van der Waals surface area contributed by atoms with Crippen LogP contribution in [0.2, 0.25) is 0 Å². The van der Waals surface area contributed by atoms with Crippen LogP contribution < -0.4 is 5.32 Å². The number of nitrogens with one attached hydrogen (secondary N) is 1. The Labute approximate surface area is 138 Å². The molecule has 7 nitrogen and oxygen atoms in total. The first-order valence-electron chi connectivity index (χ1n) is 8.12. The molecule has 0 bridgehead atoms. The van der Waals surface area contributed by atoms with Crippen molar-refractivity contribution in [1.82, 2.24) is 20.3 Å². The number of hydrogen-bond donors (Lipinski definition) is 1. The van der Waals surface area contributed by atoms with Crippen molar-refractivity contribution in [2.45, 2.75) is 64.1 Å². The van der Waals surface area contributed by atoms with E-state index in [1.54, 1.807) is 20.0 Å². The van der Waals surface area contributed by atoms with E-state index in [1.165, 1.54) is 4.68 Å². The van der Waals surface area contributed by atoms with Gasteiger partial charge in [0, 0.05) is 18.8 Å². The van der Waals surface area contributed by atoms with E-state index in [-0.39, 0.29) is 24.9 Å². The van der Waals surface area contributed by atoms with Gasteiger partial charge in [0.2, 0.25) is 6.10 Å². The van der Waals surface area contributed by atoms with Crippen molar-refractivity contribution in [3.05, 3.63) is 11.9 Å². The van der Waals surface area contributed by atoms with E-state index in [1.807, 2.05) is 0 Å². The van der Waals surface area contributed by atoms with Gasteiger partial charge < -0.3 is 10.2 Å². The smallest absolute Gasteiger partial charge is 0.264 e. The molecule has 0 radical (unpaired) electrons. The summed E-state index contributed by atoms with van der Waals surface area (Å²) in [5.41, 5.74) is 1.30. The van der Waals surface area contributed by atoms with Crippen LogP contribution in [0, 0.1) is 5.92 Å². The van der Waals surface area contributed by atoms with Gasteiger partial charge in [-0.3, -0.25) is 9.48 Å². The average molecular weight is 341 g/mol. The van der Waals surface area contributed by atoms with Crippen LogP contribution in [0.15, 0.2) is 11.4 Å². The SMILES string of the molecule is CC1=NOC(C(=O)NC(C)c2cn(CC3CCCC3(F)F)nn2)C1. The second kappa shape index (κ2) is 6.45. The average Bonchev–Trinajstić information content (AvgIpc) is 3.21. The highest BCUT2D eigenvalue weighted by molar-refractivity contribution is 5.91. The summed E-state index contributed by atoms with van der Waals surface area (Å²) in [6.07, 6.45) is 2.41. The first kappa shape index (κ1) is 16.8. The maximum atomic E-state index is 13.7. The van der Waals surface area contributed by atoms with Crippen molar-refractivity contribution in [3.63, 3.8) is 0 Å². The summed E-state index contributed by atoms with van der Waals surface area (Å²) in [7, 11) is 0. The van der Waals surface area contributed by atoms with Crippen LogP contribution in [0.4, 0.5) is 8.78 Å². The molecule has 0 aromatic carbocycles. The van der Waals surface area contributed by atoms with Crippen molar-refractivity contribution in [1.29, 1.82) is 0 Å². The van der Waals surface area contributed by atoms with Gasteiger partial charge in [-0.1, -0.05) is 10.4 Å². The Bertz CT molecular complexity index is 646. The maximum absolute atomic E-state index is 13.7. The minimum Gasteiger partial charge on any atom is -0.382 e. The molecular formula is C15H21F2N5O2. The first-order chi connectivity index (χ1) is 11.3. The molecule has 1 amide bonds. The molecule has 1 fully saturated rings. The molecule has 1 N–H and O–H groups in total. The van der Waals surface area contributed by atoms with Gasteiger partial charge in [-0.25, -0.2) is 8.78 Å². The lowest BCUT2D eigenvalue weighted by molar-refractivity contribution is -0.131. The molecule has 1 aromatic heterocycles. The molecule has 0 saturated heterocycles. The van der Waals surface area contributed by atoms with Crippen LogP contribution in [0.3, 0.4) is 0 Å². The van der Waals surface area contributed by atoms with Gasteiger partial charge in [-0.2, -0.15) is 0 Å². The van der Waals surface area contributed by atoms with Gasteiger partial charge in [-0.05, 0) is 26.7 Å². The molecule has 132 valence electrons. The van der Waals surface area contributed by atoms with E-state index in [0.29, 0.717) is 25.0 Å². The zero-order valence-electron chi connectivity index (χ0n) is 13.7. The fourth-order valence-electron chi connectivity index (χ4n) is 3.07. The van der Waals surface area contributed by atoms with Crippen LogP contribution in [0.5, 0.6) is 0 Å². The normalized spacial score (nSPS) is 26.8. The summed E-state index contributed by atoms with van der Waals surface area (Å²) < 4.78 is 28.8. The summed E-state index contributed by atoms with van der Waals surface area (Å²) in [6.45, 7) is 3.69. The molecule has 1 aliphatic carbocycles. The molecule has 3 unspecified atom stereocenters. The fraction of sp³-hybridized carbons (Fsp3) is 0.733. The van der Waals surface area contributed by atoms with Gasteiger partial charge in [0.25, 0.3) is 11.8 Å². The molecule has 1 aliphatic heterocycles. The van der Waals surface area contributed by atoms with Crippen LogP contribution in [-0.4, -0.2) is 38.6 Å². The van der Waals surface area contributed by atoms with Crippen molar-refractivity contribution in [3.8, 4) is 0 Å². The van der Waals surface area contributed by atoms with Crippen molar-refractivity contribution in [2.24, 2.45) is 11.1 Å². The molecule has 2 aliphatic rings. The quantitative estimate of drug-likeness (QED) is 0.889. The lowest BCUT2D eigenvalue weighted by atomic mass is 10.1.